The van der Waals surface area contributed by atoms with E-state index in [4.69, 9.17) is 0 Å². The van der Waals surface area contributed by atoms with E-state index in [2.05, 4.69) is 10.6 Å². The highest BCUT2D eigenvalue weighted by Gasteiger charge is 2.34. The van der Waals surface area contributed by atoms with E-state index in [1.54, 1.807) is 4.90 Å². The largest absolute Gasteiger partial charge is 0.324 e. The molecule has 2 aromatic carbocycles. The average Bonchev–Trinajstić information content (AvgIpc) is 3.09. The zero-order valence-electron chi connectivity index (χ0n) is 14.6. The molecule has 0 radical (unpaired) electrons. The fraction of sp³-hybridized carbons (Fsp3) is 0.300. The maximum Gasteiger partial charge on any atom is 0.322 e. The standard InChI is InChI=1S/C20H23N3O2/c1-14-9-11-16(12-10-14)21-20(25)23-13-5-8-18(23)19(24)22-17-7-4-3-6-15(17)2/h3-4,6-7,9-12,18H,5,8,13H2,1-2H3,(H,21,25)(H,22,24)/t18-/m1/s1. The van der Waals surface area contributed by atoms with Gasteiger partial charge in [0.1, 0.15) is 6.04 Å². The summed E-state index contributed by atoms with van der Waals surface area (Å²) in [6.45, 7) is 4.54. The van der Waals surface area contributed by atoms with Crippen molar-refractivity contribution >= 4 is 23.3 Å². The highest BCUT2D eigenvalue weighted by molar-refractivity contribution is 5.99. The number of aryl methyl sites for hydroxylation is 2. The SMILES string of the molecule is Cc1ccc(NC(=O)N2CCC[C@@H]2C(=O)Nc2ccccc2C)cc1. The molecule has 25 heavy (non-hydrogen) atoms. The predicted octanol–water partition coefficient (Wildman–Crippen LogP) is 3.94. The molecular weight excluding hydrogens is 314 g/mol. The number of anilines is 2. The maximum atomic E-state index is 12.6. The molecule has 3 rings (SSSR count). The number of hydrogen-bond donors (Lipinski definition) is 2. The van der Waals surface area contributed by atoms with Crippen LogP contribution in [0.25, 0.3) is 0 Å². The Bertz CT molecular complexity index is 771. The molecule has 0 bridgehead atoms. The molecule has 2 N–H and O–H groups in total. The summed E-state index contributed by atoms with van der Waals surface area (Å²) in [6, 6.07) is 14.6. The fourth-order valence-electron chi connectivity index (χ4n) is 3.04. The average molecular weight is 337 g/mol. The molecule has 0 saturated carbocycles. The summed E-state index contributed by atoms with van der Waals surface area (Å²) >= 11 is 0. The summed E-state index contributed by atoms with van der Waals surface area (Å²) in [5.41, 5.74) is 3.66. The van der Waals surface area contributed by atoms with Gasteiger partial charge in [0.25, 0.3) is 0 Å². The molecule has 1 aliphatic heterocycles. The minimum absolute atomic E-state index is 0.133. The van der Waals surface area contributed by atoms with Crippen LogP contribution in [0, 0.1) is 13.8 Å². The van der Waals surface area contributed by atoms with Gasteiger partial charge in [-0.3, -0.25) is 4.79 Å². The lowest BCUT2D eigenvalue weighted by Gasteiger charge is -2.24. The minimum Gasteiger partial charge on any atom is -0.324 e. The van der Waals surface area contributed by atoms with Crippen LogP contribution in [0.2, 0.25) is 0 Å². The van der Waals surface area contributed by atoms with Gasteiger partial charge in [-0.2, -0.15) is 0 Å². The van der Waals surface area contributed by atoms with Gasteiger partial charge in [0.2, 0.25) is 5.91 Å². The molecule has 1 aliphatic rings. The molecule has 3 amide bonds. The summed E-state index contributed by atoms with van der Waals surface area (Å²) in [7, 11) is 0. The number of urea groups is 1. The van der Waals surface area contributed by atoms with E-state index < -0.39 is 6.04 Å². The Morgan fingerprint density at radius 3 is 2.44 bits per heavy atom. The van der Waals surface area contributed by atoms with Crippen molar-refractivity contribution in [1.82, 2.24) is 4.90 Å². The Balaban J connectivity index is 1.67. The molecule has 5 nitrogen and oxygen atoms in total. The molecule has 1 saturated heterocycles. The number of amides is 3. The first-order chi connectivity index (χ1) is 12.0. The van der Waals surface area contributed by atoms with E-state index in [0.717, 1.165) is 28.9 Å². The van der Waals surface area contributed by atoms with Crippen molar-refractivity contribution in [2.75, 3.05) is 17.2 Å². The van der Waals surface area contributed by atoms with Crippen LogP contribution < -0.4 is 10.6 Å². The van der Waals surface area contributed by atoms with Gasteiger partial charge in [0, 0.05) is 17.9 Å². The van der Waals surface area contributed by atoms with Crippen LogP contribution in [0.15, 0.2) is 48.5 Å². The van der Waals surface area contributed by atoms with Crippen molar-refractivity contribution < 1.29 is 9.59 Å². The third-order valence-electron chi connectivity index (χ3n) is 4.52. The summed E-state index contributed by atoms with van der Waals surface area (Å²) in [4.78, 5) is 26.8. The molecule has 1 heterocycles. The van der Waals surface area contributed by atoms with Gasteiger partial charge in [-0.15, -0.1) is 0 Å². The van der Waals surface area contributed by atoms with Crippen molar-refractivity contribution in [3.8, 4) is 0 Å². The normalized spacial score (nSPS) is 16.6. The Morgan fingerprint density at radius 1 is 1.00 bits per heavy atom. The van der Waals surface area contributed by atoms with Crippen LogP contribution in [-0.2, 0) is 4.79 Å². The van der Waals surface area contributed by atoms with Gasteiger partial charge in [-0.05, 0) is 50.5 Å². The third-order valence-corrected chi connectivity index (χ3v) is 4.52. The first kappa shape index (κ1) is 17.0. The number of carbonyl (C=O) groups excluding carboxylic acids is 2. The Kier molecular flexibility index (Phi) is 5.03. The number of likely N-dealkylation sites (tertiary alicyclic amines) is 1. The quantitative estimate of drug-likeness (QED) is 0.891. The van der Waals surface area contributed by atoms with Crippen LogP contribution in [-0.4, -0.2) is 29.4 Å². The topological polar surface area (TPSA) is 61.4 Å². The van der Waals surface area contributed by atoms with Crippen LogP contribution in [0.1, 0.15) is 24.0 Å². The number of nitrogens with one attached hydrogen (secondary N) is 2. The van der Waals surface area contributed by atoms with E-state index in [0.29, 0.717) is 13.0 Å². The first-order valence-corrected chi connectivity index (χ1v) is 8.55. The van der Waals surface area contributed by atoms with Crippen molar-refractivity contribution in [2.45, 2.75) is 32.7 Å². The van der Waals surface area contributed by atoms with Gasteiger partial charge in [0.15, 0.2) is 0 Å². The van der Waals surface area contributed by atoms with Gasteiger partial charge in [-0.25, -0.2) is 4.79 Å². The van der Waals surface area contributed by atoms with Crippen molar-refractivity contribution in [1.29, 1.82) is 0 Å². The molecular formula is C20H23N3O2. The lowest BCUT2D eigenvalue weighted by Crippen LogP contribution is -2.45. The fourth-order valence-corrected chi connectivity index (χ4v) is 3.04. The molecule has 2 aromatic rings. The summed E-state index contributed by atoms with van der Waals surface area (Å²) in [5.74, 6) is -0.133. The number of para-hydroxylation sites is 1. The molecule has 130 valence electrons. The van der Waals surface area contributed by atoms with Crippen LogP contribution >= 0.6 is 0 Å². The van der Waals surface area contributed by atoms with Crippen LogP contribution in [0.5, 0.6) is 0 Å². The Hall–Kier alpha value is -2.82. The summed E-state index contributed by atoms with van der Waals surface area (Å²) < 4.78 is 0. The maximum absolute atomic E-state index is 12.6. The predicted molar refractivity (Wildman–Crippen MR) is 99.7 cm³/mol. The highest BCUT2D eigenvalue weighted by atomic mass is 16.2. The monoisotopic (exact) mass is 337 g/mol. The van der Waals surface area contributed by atoms with Crippen molar-refractivity contribution in [2.24, 2.45) is 0 Å². The van der Waals surface area contributed by atoms with Crippen LogP contribution in [0.4, 0.5) is 16.2 Å². The van der Waals surface area contributed by atoms with Crippen molar-refractivity contribution in [3.05, 3.63) is 59.7 Å². The lowest BCUT2D eigenvalue weighted by atomic mass is 10.1. The molecule has 5 heteroatoms. The molecule has 0 aliphatic carbocycles. The zero-order chi connectivity index (χ0) is 17.8. The van der Waals surface area contributed by atoms with E-state index in [-0.39, 0.29) is 11.9 Å². The van der Waals surface area contributed by atoms with Crippen LogP contribution in [0.3, 0.4) is 0 Å². The smallest absolute Gasteiger partial charge is 0.322 e. The molecule has 1 fully saturated rings. The minimum atomic E-state index is -0.440. The second kappa shape index (κ2) is 7.38. The Morgan fingerprint density at radius 2 is 1.72 bits per heavy atom. The Labute approximate surface area is 148 Å². The second-order valence-corrected chi connectivity index (χ2v) is 6.45. The van der Waals surface area contributed by atoms with Gasteiger partial charge < -0.3 is 15.5 Å². The zero-order valence-corrected chi connectivity index (χ0v) is 14.6. The molecule has 1 atom stereocenters. The second-order valence-electron chi connectivity index (χ2n) is 6.45. The lowest BCUT2D eigenvalue weighted by molar-refractivity contribution is -0.119. The van der Waals surface area contributed by atoms with E-state index in [1.165, 1.54) is 0 Å². The van der Waals surface area contributed by atoms with E-state index in [9.17, 15) is 9.59 Å². The number of benzene rings is 2. The first-order valence-electron chi connectivity index (χ1n) is 8.55. The third kappa shape index (κ3) is 3.99. The molecule has 0 aromatic heterocycles. The number of carbonyl (C=O) groups is 2. The highest BCUT2D eigenvalue weighted by Crippen LogP contribution is 2.22. The number of nitrogens with zero attached hydrogens (tertiary/aromatic N) is 1. The van der Waals surface area contributed by atoms with Gasteiger partial charge in [0.05, 0.1) is 0 Å². The van der Waals surface area contributed by atoms with Crippen molar-refractivity contribution in [3.63, 3.8) is 0 Å². The summed E-state index contributed by atoms with van der Waals surface area (Å²) in [5, 5.41) is 5.83. The van der Waals surface area contributed by atoms with E-state index in [1.807, 2.05) is 62.4 Å². The van der Waals surface area contributed by atoms with Gasteiger partial charge >= 0.3 is 6.03 Å². The van der Waals surface area contributed by atoms with E-state index >= 15 is 0 Å². The van der Waals surface area contributed by atoms with Gasteiger partial charge in [-0.1, -0.05) is 35.9 Å². The molecule has 0 spiro atoms. The molecule has 0 unspecified atom stereocenters. The summed E-state index contributed by atoms with van der Waals surface area (Å²) in [6.07, 6.45) is 1.51. The number of rotatable bonds is 3. The number of hydrogen-bond acceptors (Lipinski definition) is 2.